The highest BCUT2D eigenvalue weighted by atomic mass is 16.5. The van der Waals surface area contributed by atoms with E-state index in [9.17, 15) is 9.90 Å². The van der Waals surface area contributed by atoms with Gasteiger partial charge in [0.1, 0.15) is 11.5 Å². The molecule has 0 spiro atoms. The Morgan fingerprint density at radius 3 is 2.24 bits per heavy atom. The summed E-state index contributed by atoms with van der Waals surface area (Å²) in [7, 11) is 1.63. The van der Waals surface area contributed by atoms with E-state index in [2.05, 4.69) is 5.32 Å². The van der Waals surface area contributed by atoms with E-state index < -0.39 is 6.10 Å². The van der Waals surface area contributed by atoms with Crippen LogP contribution in [0.5, 0.6) is 11.5 Å². The number of fused-ring (bicyclic) bond motifs is 2. The Hall–Kier alpha value is -4.19. The van der Waals surface area contributed by atoms with Crippen LogP contribution in [-0.2, 0) is 16.1 Å². The number of carbonyl (C=O) groups is 1. The van der Waals surface area contributed by atoms with Crippen molar-refractivity contribution in [3.05, 3.63) is 131 Å². The fourth-order valence-electron chi connectivity index (χ4n) is 4.75. The van der Waals surface area contributed by atoms with Gasteiger partial charge in [0, 0.05) is 36.1 Å². The highest BCUT2D eigenvalue weighted by Gasteiger charge is 2.29. The molecule has 4 aromatic carbocycles. The molecular weight excluding hydrogens is 462 g/mol. The van der Waals surface area contributed by atoms with Crippen LogP contribution in [0.3, 0.4) is 0 Å². The largest absolute Gasteiger partial charge is 0.457 e. The summed E-state index contributed by atoms with van der Waals surface area (Å²) in [4.78, 5) is 13.5. The van der Waals surface area contributed by atoms with Gasteiger partial charge in [-0.1, -0.05) is 97.1 Å². The van der Waals surface area contributed by atoms with Gasteiger partial charge in [-0.3, -0.25) is 4.79 Å². The summed E-state index contributed by atoms with van der Waals surface area (Å²) in [5, 5.41) is 13.8. The second kappa shape index (κ2) is 11.2. The Labute approximate surface area is 217 Å². The zero-order valence-electron chi connectivity index (χ0n) is 20.6. The van der Waals surface area contributed by atoms with Crippen molar-refractivity contribution in [3.8, 4) is 11.5 Å². The molecule has 186 valence electrons. The summed E-state index contributed by atoms with van der Waals surface area (Å²) in [5.41, 5.74) is 5.12. The molecule has 5 rings (SSSR count). The highest BCUT2D eigenvalue weighted by Crippen LogP contribution is 2.45. The van der Waals surface area contributed by atoms with Crippen LogP contribution in [-0.4, -0.2) is 18.1 Å². The topological polar surface area (TPSA) is 67.8 Å². The van der Waals surface area contributed by atoms with Crippen molar-refractivity contribution in [1.82, 2.24) is 0 Å². The number of anilines is 1. The number of ether oxygens (including phenoxy) is 2. The fraction of sp³-hybridized carbons (Fsp3) is 0.156. The van der Waals surface area contributed by atoms with Crippen molar-refractivity contribution >= 4 is 17.7 Å². The van der Waals surface area contributed by atoms with Crippen LogP contribution in [0, 0.1) is 0 Å². The number of carbonyl (C=O) groups excluding carboxylic acids is 1. The maximum absolute atomic E-state index is 13.5. The second-order valence-corrected chi connectivity index (χ2v) is 9.01. The number of aliphatic hydroxyl groups excluding tert-OH is 1. The van der Waals surface area contributed by atoms with Gasteiger partial charge in [-0.05, 0) is 23.3 Å². The number of nitrogens with one attached hydrogen (secondary N) is 1. The van der Waals surface area contributed by atoms with E-state index in [1.807, 2.05) is 103 Å². The molecule has 1 amide bonds. The molecule has 1 aliphatic heterocycles. The summed E-state index contributed by atoms with van der Waals surface area (Å²) < 4.78 is 11.5. The highest BCUT2D eigenvalue weighted by molar-refractivity contribution is 5.95. The zero-order chi connectivity index (χ0) is 25.6. The number of aliphatic hydroxyl groups is 1. The fourth-order valence-corrected chi connectivity index (χ4v) is 4.75. The Kier molecular flexibility index (Phi) is 7.45. The van der Waals surface area contributed by atoms with E-state index in [0.29, 0.717) is 12.3 Å². The molecule has 1 unspecified atom stereocenters. The summed E-state index contributed by atoms with van der Waals surface area (Å²) >= 11 is 0. The van der Waals surface area contributed by atoms with Crippen molar-refractivity contribution in [3.63, 3.8) is 0 Å². The molecule has 0 bridgehead atoms. The molecule has 5 heteroatoms. The lowest BCUT2D eigenvalue weighted by atomic mass is 9.85. The zero-order valence-corrected chi connectivity index (χ0v) is 20.6. The SMILES string of the molecule is COCc1cccc(/C=C/C(O)c2ccccc2)c1NC(=O)CC1c2ccccc2Oc2ccccc21. The van der Waals surface area contributed by atoms with Crippen molar-refractivity contribution in [2.45, 2.75) is 25.0 Å². The Balaban J connectivity index is 1.42. The summed E-state index contributed by atoms with van der Waals surface area (Å²) in [6, 6.07) is 30.9. The predicted octanol–water partition coefficient (Wildman–Crippen LogP) is 6.85. The molecule has 0 saturated carbocycles. The normalized spacial score (nSPS) is 13.5. The third-order valence-electron chi connectivity index (χ3n) is 6.54. The number of hydrogen-bond donors (Lipinski definition) is 2. The van der Waals surface area contributed by atoms with Crippen LogP contribution in [0.4, 0.5) is 5.69 Å². The summed E-state index contributed by atoms with van der Waals surface area (Å²) in [6.45, 7) is 0.349. The monoisotopic (exact) mass is 491 g/mol. The van der Waals surface area contributed by atoms with Crippen molar-refractivity contribution < 1.29 is 19.4 Å². The van der Waals surface area contributed by atoms with E-state index in [1.54, 1.807) is 13.2 Å². The van der Waals surface area contributed by atoms with Gasteiger partial charge in [-0.2, -0.15) is 0 Å². The number of amides is 1. The van der Waals surface area contributed by atoms with Gasteiger partial charge < -0.3 is 19.9 Å². The van der Waals surface area contributed by atoms with Gasteiger partial charge >= 0.3 is 0 Å². The first-order chi connectivity index (χ1) is 18.1. The maximum Gasteiger partial charge on any atom is 0.225 e. The van der Waals surface area contributed by atoms with Crippen molar-refractivity contribution in [1.29, 1.82) is 0 Å². The average Bonchev–Trinajstić information content (AvgIpc) is 2.93. The Bertz CT molecular complexity index is 1370. The lowest BCUT2D eigenvalue weighted by Gasteiger charge is -2.28. The minimum atomic E-state index is -0.758. The third kappa shape index (κ3) is 5.48. The lowest BCUT2D eigenvalue weighted by Crippen LogP contribution is -2.20. The molecule has 37 heavy (non-hydrogen) atoms. The quantitative estimate of drug-likeness (QED) is 0.283. The first-order valence-corrected chi connectivity index (χ1v) is 12.3. The van der Waals surface area contributed by atoms with Crippen LogP contribution in [0.25, 0.3) is 6.08 Å². The maximum atomic E-state index is 13.5. The van der Waals surface area contributed by atoms with E-state index in [4.69, 9.17) is 9.47 Å². The van der Waals surface area contributed by atoms with Gasteiger partial charge in [-0.25, -0.2) is 0 Å². The molecule has 5 nitrogen and oxygen atoms in total. The predicted molar refractivity (Wildman–Crippen MR) is 146 cm³/mol. The molecule has 0 saturated heterocycles. The third-order valence-corrected chi connectivity index (χ3v) is 6.54. The molecule has 1 atom stereocenters. The van der Waals surface area contributed by atoms with Crippen LogP contribution in [0.15, 0.2) is 103 Å². The van der Waals surface area contributed by atoms with E-state index >= 15 is 0 Å². The first-order valence-electron chi connectivity index (χ1n) is 12.3. The van der Waals surface area contributed by atoms with Crippen molar-refractivity contribution in [2.24, 2.45) is 0 Å². The minimum absolute atomic E-state index is 0.113. The Morgan fingerprint density at radius 1 is 0.919 bits per heavy atom. The van der Waals surface area contributed by atoms with Crippen LogP contribution in [0.2, 0.25) is 0 Å². The number of benzene rings is 4. The summed E-state index contributed by atoms with van der Waals surface area (Å²) in [6.07, 6.45) is 3.06. The van der Waals surface area contributed by atoms with E-state index in [1.165, 1.54) is 0 Å². The molecular formula is C32H29NO4. The van der Waals surface area contributed by atoms with Gasteiger partial charge in [-0.15, -0.1) is 0 Å². The number of para-hydroxylation sites is 3. The molecule has 0 radical (unpaired) electrons. The molecule has 0 fully saturated rings. The van der Waals surface area contributed by atoms with Gasteiger partial charge in [0.2, 0.25) is 5.91 Å². The van der Waals surface area contributed by atoms with Gasteiger partial charge in [0.25, 0.3) is 0 Å². The van der Waals surface area contributed by atoms with E-state index in [-0.39, 0.29) is 18.2 Å². The molecule has 4 aromatic rings. The number of rotatable bonds is 8. The summed E-state index contributed by atoms with van der Waals surface area (Å²) in [5.74, 6) is 1.31. The van der Waals surface area contributed by atoms with Crippen LogP contribution >= 0.6 is 0 Å². The minimum Gasteiger partial charge on any atom is -0.457 e. The van der Waals surface area contributed by atoms with E-state index in [0.717, 1.165) is 39.3 Å². The second-order valence-electron chi connectivity index (χ2n) is 9.01. The first kappa shape index (κ1) is 24.5. The average molecular weight is 492 g/mol. The lowest BCUT2D eigenvalue weighted by molar-refractivity contribution is -0.116. The standard InChI is InChI=1S/C32H29NO4/c1-36-21-24-13-9-12-23(18-19-28(34)22-10-3-2-4-11-22)32(24)33-31(35)20-27-25-14-5-7-16-29(25)37-30-17-8-6-15-26(27)30/h2-19,27-28,34H,20-21H2,1H3,(H,33,35)/b19-18+. The van der Waals surface area contributed by atoms with Crippen LogP contribution in [0.1, 0.15) is 46.3 Å². The molecule has 2 N–H and O–H groups in total. The molecule has 0 aliphatic carbocycles. The molecule has 0 aromatic heterocycles. The van der Waals surface area contributed by atoms with Crippen molar-refractivity contribution in [2.75, 3.05) is 12.4 Å². The van der Waals surface area contributed by atoms with Crippen LogP contribution < -0.4 is 10.1 Å². The Morgan fingerprint density at radius 2 is 1.57 bits per heavy atom. The molecule has 1 aliphatic rings. The number of methoxy groups -OCH3 is 1. The molecule has 1 heterocycles. The smallest absolute Gasteiger partial charge is 0.225 e. The number of hydrogen-bond acceptors (Lipinski definition) is 4. The van der Waals surface area contributed by atoms with Gasteiger partial charge in [0.15, 0.2) is 0 Å². The van der Waals surface area contributed by atoms with Gasteiger partial charge in [0.05, 0.1) is 18.4 Å².